The lowest BCUT2D eigenvalue weighted by Gasteiger charge is -2.15. The van der Waals surface area contributed by atoms with Crippen LogP contribution < -0.4 is 5.32 Å². The Kier molecular flexibility index (Phi) is 6.82. The van der Waals surface area contributed by atoms with Gasteiger partial charge in [0.1, 0.15) is 0 Å². The van der Waals surface area contributed by atoms with Crippen LogP contribution in [0.4, 0.5) is 5.69 Å². The van der Waals surface area contributed by atoms with Crippen LogP contribution in [0.1, 0.15) is 30.2 Å². The molecule has 0 radical (unpaired) electrons. The molecule has 0 aliphatic heterocycles. The normalized spacial score (nSPS) is 11.8. The number of carbonyl (C=O) groups is 2. The van der Waals surface area contributed by atoms with Crippen molar-refractivity contribution in [2.24, 2.45) is 0 Å². The van der Waals surface area contributed by atoms with Crippen molar-refractivity contribution in [3.63, 3.8) is 0 Å². The third-order valence-electron chi connectivity index (χ3n) is 3.52. The van der Waals surface area contributed by atoms with Crippen LogP contribution in [-0.2, 0) is 20.7 Å². The zero-order valence-corrected chi connectivity index (χ0v) is 15.2. The van der Waals surface area contributed by atoms with Crippen LogP contribution in [0, 0.1) is 6.92 Å². The van der Waals surface area contributed by atoms with E-state index in [2.05, 4.69) is 5.32 Å². The van der Waals surface area contributed by atoms with E-state index in [9.17, 15) is 9.59 Å². The van der Waals surface area contributed by atoms with Gasteiger partial charge in [-0.05, 0) is 55.8 Å². The van der Waals surface area contributed by atoms with E-state index in [1.54, 1.807) is 30.4 Å². The Morgan fingerprint density at radius 3 is 2.83 bits per heavy atom. The molecular formula is C18H20ClNO3S. The van der Waals surface area contributed by atoms with E-state index in [4.69, 9.17) is 16.3 Å². The number of amides is 1. The molecule has 0 saturated carbocycles. The van der Waals surface area contributed by atoms with E-state index in [0.717, 1.165) is 12.0 Å². The van der Waals surface area contributed by atoms with Gasteiger partial charge in [0.05, 0.1) is 0 Å². The standard InChI is InChI=1S/C18H20ClNO3S/c1-12-8-9-14(19)11-16(12)20-18(22)13(2)23-17(21)7-3-5-15-6-4-10-24-15/h4,6,8-11,13H,3,5,7H2,1-2H3,(H,20,22)/t13-/m1/s1. The second kappa shape index (κ2) is 8.85. The fourth-order valence-electron chi connectivity index (χ4n) is 2.13. The zero-order chi connectivity index (χ0) is 17.5. The largest absolute Gasteiger partial charge is 0.453 e. The number of ether oxygens (including phenoxy) is 1. The molecule has 0 fully saturated rings. The van der Waals surface area contributed by atoms with Gasteiger partial charge in [0, 0.05) is 22.0 Å². The molecule has 1 aromatic heterocycles. The first kappa shape index (κ1) is 18.5. The Labute approximate surface area is 150 Å². The van der Waals surface area contributed by atoms with Crippen molar-refractivity contribution < 1.29 is 14.3 Å². The molecule has 2 aromatic rings. The average molecular weight is 366 g/mol. The van der Waals surface area contributed by atoms with Crippen molar-refractivity contribution in [1.29, 1.82) is 0 Å². The van der Waals surface area contributed by atoms with Crippen molar-refractivity contribution in [1.82, 2.24) is 0 Å². The molecule has 0 spiro atoms. The van der Waals surface area contributed by atoms with Gasteiger partial charge in [-0.2, -0.15) is 0 Å². The van der Waals surface area contributed by atoms with Crippen LogP contribution in [0.3, 0.4) is 0 Å². The lowest BCUT2D eigenvalue weighted by atomic mass is 10.2. The van der Waals surface area contributed by atoms with Crippen molar-refractivity contribution in [3.05, 3.63) is 51.2 Å². The number of nitrogens with one attached hydrogen (secondary N) is 1. The number of aryl methyl sites for hydroxylation is 2. The van der Waals surface area contributed by atoms with Crippen LogP contribution in [-0.4, -0.2) is 18.0 Å². The fourth-order valence-corrected chi connectivity index (χ4v) is 3.06. The summed E-state index contributed by atoms with van der Waals surface area (Å²) in [4.78, 5) is 25.2. The number of anilines is 1. The highest BCUT2D eigenvalue weighted by molar-refractivity contribution is 7.09. The summed E-state index contributed by atoms with van der Waals surface area (Å²) in [6.45, 7) is 3.43. The van der Waals surface area contributed by atoms with Crippen LogP contribution in [0.15, 0.2) is 35.7 Å². The average Bonchev–Trinajstić information content (AvgIpc) is 3.04. The predicted octanol–water partition coefficient (Wildman–Crippen LogP) is 4.60. The first-order valence-corrected chi connectivity index (χ1v) is 9.00. The van der Waals surface area contributed by atoms with E-state index in [1.807, 2.05) is 30.5 Å². The minimum absolute atomic E-state index is 0.297. The Balaban J connectivity index is 1.78. The number of hydrogen-bond donors (Lipinski definition) is 1. The second-order valence-electron chi connectivity index (χ2n) is 5.51. The summed E-state index contributed by atoms with van der Waals surface area (Å²) in [5, 5.41) is 5.28. The minimum atomic E-state index is -0.849. The summed E-state index contributed by atoms with van der Waals surface area (Å²) in [6.07, 6.45) is 1.000. The van der Waals surface area contributed by atoms with Crippen molar-refractivity contribution >= 4 is 40.5 Å². The van der Waals surface area contributed by atoms with E-state index in [0.29, 0.717) is 23.6 Å². The van der Waals surface area contributed by atoms with Gasteiger partial charge in [-0.3, -0.25) is 9.59 Å². The number of thiophene rings is 1. The highest BCUT2D eigenvalue weighted by Crippen LogP contribution is 2.20. The number of carbonyl (C=O) groups excluding carboxylic acids is 2. The maximum Gasteiger partial charge on any atom is 0.306 e. The Morgan fingerprint density at radius 2 is 2.12 bits per heavy atom. The minimum Gasteiger partial charge on any atom is -0.453 e. The maximum atomic E-state index is 12.1. The molecule has 0 aliphatic rings. The number of benzene rings is 1. The second-order valence-corrected chi connectivity index (χ2v) is 6.98. The Hall–Kier alpha value is -1.85. The van der Waals surface area contributed by atoms with Crippen molar-refractivity contribution in [2.75, 3.05) is 5.32 Å². The molecule has 0 saturated heterocycles. The molecule has 1 amide bonds. The first-order valence-electron chi connectivity index (χ1n) is 7.74. The fraction of sp³-hybridized carbons (Fsp3) is 0.333. The summed E-state index contributed by atoms with van der Waals surface area (Å²) in [5.41, 5.74) is 1.51. The predicted molar refractivity (Wildman–Crippen MR) is 97.6 cm³/mol. The molecule has 24 heavy (non-hydrogen) atoms. The third-order valence-corrected chi connectivity index (χ3v) is 4.69. The molecule has 1 atom stereocenters. The van der Waals surface area contributed by atoms with Gasteiger partial charge in [0.15, 0.2) is 6.10 Å². The Morgan fingerprint density at radius 1 is 1.33 bits per heavy atom. The first-order chi connectivity index (χ1) is 11.5. The number of esters is 1. The molecule has 0 aliphatic carbocycles. The number of hydrogen-bond acceptors (Lipinski definition) is 4. The highest BCUT2D eigenvalue weighted by Gasteiger charge is 2.18. The molecule has 1 heterocycles. The zero-order valence-electron chi connectivity index (χ0n) is 13.7. The van der Waals surface area contributed by atoms with Gasteiger partial charge in [0.2, 0.25) is 0 Å². The molecular weight excluding hydrogens is 346 g/mol. The van der Waals surface area contributed by atoms with Gasteiger partial charge in [0.25, 0.3) is 5.91 Å². The van der Waals surface area contributed by atoms with E-state index in [-0.39, 0.29) is 11.9 Å². The summed E-state index contributed by atoms with van der Waals surface area (Å²) in [5.74, 6) is -0.732. The van der Waals surface area contributed by atoms with Crippen LogP contribution in [0.25, 0.3) is 0 Å². The monoisotopic (exact) mass is 365 g/mol. The van der Waals surface area contributed by atoms with Crippen LogP contribution >= 0.6 is 22.9 Å². The highest BCUT2D eigenvalue weighted by atomic mass is 35.5. The van der Waals surface area contributed by atoms with Gasteiger partial charge in [-0.1, -0.05) is 23.7 Å². The molecule has 1 aromatic carbocycles. The Bertz CT molecular complexity index is 700. The molecule has 0 bridgehead atoms. The third kappa shape index (κ3) is 5.65. The van der Waals surface area contributed by atoms with Crippen LogP contribution in [0.2, 0.25) is 5.02 Å². The van der Waals surface area contributed by atoms with Gasteiger partial charge < -0.3 is 10.1 Å². The number of halogens is 1. The summed E-state index contributed by atoms with van der Waals surface area (Å²) in [6, 6.07) is 9.27. The number of rotatable bonds is 7. The SMILES string of the molecule is Cc1ccc(Cl)cc1NC(=O)[C@@H](C)OC(=O)CCCc1cccs1. The van der Waals surface area contributed by atoms with E-state index < -0.39 is 6.10 Å². The van der Waals surface area contributed by atoms with Gasteiger partial charge in [-0.25, -0.2) is 0 Å². The summed E-state index contributed by atoms with van der Waals surface area (Å²) >= 11 is 7.60. The lowest BCUT2D eigenvalue weighted by molar-refractivity contribution is -0.153. The smallest absolute Gasteiger partial charge is 0.306 e. The quantitative estimate of drug-likeness (QED) is 0.729. The summed E-state index contributed by atoms with van der Waals surface area (Å²) in [7, 11) is 0. The molecule has 0 unspecified atom stereocenters. The summed E-state index contributed by atoms with van der Waals surface area (Å²) < 4.78 is 5.19. The topological polar surface area (TPSA) is 55.4 Å². The van der Waals surface area contributed by atoms with E-state index >= 15 is 0 Å². The molecule has 1 N–H and O–H groups in total. The van der Waals surface area contributed by atoms with Gasteiger partial charge in [-0.15, -0.1) is 11.3 Å². The van der Waals surface area contributed by atoms with E-state index in [1.165, 1.54) is 4.88 Å². The van der Waals surface area contributed by atoms with Crippen molar-refractivity contribution in [3.8, 4) is 0 Å². The maximum absolute atomic E-state index is 12.1. The lowest BCUT2D eigenvalue weighted by Crippen LogP contribution is -2.30. The molecule has 128 valence electrons. The van der Waals surface area contributed by atoms with Crippen LogP contribution in [0.5, 0.6) is 0 Å². The molecule has 4 nitrogen and oxygen atoms in total. The molecule has 6 heteroatoms. The molecule has 2 rings (SSSR count). The van der Waals surface area contributed by atoms with Crippen molar-refractivity contribution in [2.45, 2.75) is 39.2 Å². The van der Waals surface area contributed by atoms with Gasteiger partial charge >= 0.3 is 5.97 Å².